The Kier molecular flexibility index (Phi) is 5.49. The van der Waals surface area contributed by atoms with Crippen molar-refractivity contribution >= 4 is 11.0 Å². The number of fused-ring (bicyclic) bond motifs is 1. The van der Waals surface area contributed by atoms with Crippen molar-refractivity contribution in [2.75, 3.05) is 13.2 Å². The van der Waals surface area contributed by atoms with Crippen molar-refractivity contribution in [3.8, 4) is 5.75 Å². The van der Waals surface area contributed by atoms with E-state index >= 15 is 0 Å². The van der Waals surface area contributed by atoms with Crippen molar-refractivity contribution < 1.29 is 9.84 Å². The summed E-state index contributed by atoms with van der Waals surface area (Å²) in [6.45, 7) is 3.67. The number of benzene rings is 2. The Morgan fingerprint density at radius 1 is 1.08 bits per heavy atom. The van der Waals surface area contributed by atoms with Crippen LogP contribution in [0.4, 0.5) is 0 Å². The molecule has 0 bridgehead atoms. The Balaban J connectivity index is 1.70. The van der Waals surface area contributed by atoms with Crippen molar-refractivity contribution in [3.05, 3.63) is 59.9 Å². The SMILES string of the molecule is CCc1ccc(OCCn2c(CCCO)nc3ccccc32)cc1. The predicted octanol–water partition coefficient (Wildman–Crippen LogP) is 3.60. The van der Waals surface area contributed by atoms with Gasteiger partial charge in [0, 0.05) is 13.0 Å². The Morgan fingerprint density at radius 2 is 1.88 bits per heavy atom. The first-order valence-corrected chi connectivity index (χ1v) is 8.58. The Labute approximate surface area is 142 Å². The number of para-hydroxylation sites is 2. The van der Waals surface area contributed by atoms with Crippen molar-refractivity contribution in [1.29, 1.82) is 0 Å². The van der Waals surface area contributed by atoms with Crippen molar-refractivity contribution in [1.82, 2.24) is 9.55 Å². The van der Waals surface area contributed by atoms with Crippen molar-refractivity contribution in [3.63, 3.8) is 0 Å². The molecule has 0 radical (unpaired) electrons. The number of hydrogen-bond acceptors (Lipinski definition) is 3. The van der Waals surface area contributed by atoms with E-state index in [-0.39, 0.29) is 6.61 Å². The van der Waals surface area contributed by atoms with Gasteiger partial charge in [0.05, 0.1) is 17.6 Å². The molecule has 4 nitrogen and oxygen atoms in total. The lowest BCUT2D eigenvalue weighted by atomic mass is 10.2. The molecule has 2 aromatic carbocycles. The molecule has 0 amide bonds. The molecule has 0 atom stereocenters. The van der Waals surface area contributed by atoms with Gasteiger partial charge in [0.15, 0.2) is 0 Å². The fourth-order valence-electron chi connectivity index (χ4n) is 2.88. The minimum atomic E-state index is 0.184. The molecule has 0 saturated carbocycles. The number of hydrogen-bond donors (Lipinski definition) is 1. The van der Waals surface area contributed by atoms with Crippen LogP contribution in [0.3, 0.4) is 0 Å². The summed E-state index contributed by atoms with van der Waals surface area (Å²) in [6.07, 6.45) is 2.54. The molecule has 3 rings (SSSR count). The first-order valence-electron chi connectivity index (χ1n) is 8.58. The highest BCUT2D eigenvalue weighted by Gasteiger charge is 2.10. The maximum atomic E-state index is 9.10. The zero-order valence-corrected chi connectivity index (χ0v) is 14.1. The fraction of sp³-hybridized carbons (Fsp3) is 0.350. The van der Waals surface area contributed by atoms with Crippen LogP contribution in [0, 0.1) is 0 Å². The lowest BCUT2D eigenvalue weighted by Crippen LogP contribution is -2.11. The number of nitrogens with zero attached hydrogens (tertiary/aromatic N) is 2. The molecule has 0 aliphatic heterocycles. The van der Waals surface area contributed by atoms with Crippen LogP contribution >= 0.6 is 0 Å². The van der Waals surface area contributed by atoms with Crippen LogP contribution in [0.2, 0.25) is 0 Å². The molecule has 1 aromatic heterocycles. The van der Waals surface area contributed by atoms with E-state index in [1.54, 1.807) is 0 Å². The largest absolute Gasteiger partial charge is 0.492 e. The zero-order valence-electron chi connectivity index (χ0n) is 14.1. The molecule has 0 unspecified atom stereocenters. The van der Waals surface area contributed by atoms with Crippen molar-refractivity contribution in [2.45, 2.75) is 32.7 Å². The van der Waals surface area contributed by atoms with E-state index in [2.05, 4.69) is 29.7 Å². The van der Waals surface area contributed by atoms with Crippen LogP contribution in [0.5, 0.6) is 5.75 Å². The third-order valence-electron chi connectivity index (χ3n) is 4.21. The molecule has 0 aliphatic carbocycles. The van der Waals surface area contributed by atoms with Gasteiger partial charge in [-0.3, -0.25) is 0 Å². The summed E-state index contributed by atoms with van der Waals surface area (Å²) in [4.78, 5) is 4.69. The van der Waals surface area contributed by atoms with E-state index in [4.69, 9.17) is 14.8 Å². The van der Waals surface area contributed by atoms with E-state index in [1.807, 2.05) is 30.3 Å². The first kappa shape index (κ1) is 16.5. The third-order valence-corrected chi connectivity index (χ3v) is 4.21. The van der Waals surface area contributed by atoms with Crippen LogP contribution in [0.25, 0.3) is 11.0 Å². The molecular weight excluding hydrogens is 300 g/mol. The summed E-state index contributed by atoms with van der Waals surface area (Å²) in [5.41, 5.74) is 3.43. The van der Waals surface area contributed by atoms with Crippen molar-refractivity contribution in [2.24, 2.45) is 0 Å². The molecule has 1 heterocycles. The summed E-state index contributed by atoms with van der Waals surface area (Å²) < 4.78 is 8.09. The summed E-state index contributed by atoms with van der Waals surface area (Å²) in [6, 6.07) is 16.4. The van der Waals surface area contributed by atoms with E-state index < -0.39 is 0 Å². The summed E-state index contributed by atoms with van der Waals surface area (Å²) >= 11 is 0. The lowest BCUT2D eigenvalue weighted by Gasteiger charge is -2.11. The van der Waals surface area contributed by atoms with Gasteiger partial charge in [0.2, 0.25) is 0 Å². The van der Waals surface area contributed by atoms with E-state index in [0.717, 1.165) is 48.4 Å². The number of rotatable bonds is 8. The van der Waals surface area contributed by atoms with Gasteiger partial charge in [-0.2, -0.15) is 0 Å². The van der Waals surface area contributed by atoms with Gasteiger partial charge in [-0.25, -0.2) is 4.98 Å². The number of aryl methyl sites for hydroxylation is 2. The number of aliphatic hydroxyl groups excluding tert-OH is 1. The van der Waals surface area contributed by atoms with Crippen LogP contribution < -0.4 is 4.74 Å². The number of imidazole rings is 1. The molecule has 0 aliphatic rings. The molecule has 3 aromatic rings. The van der Waals surface area contributed by atoms with Gasteiger partial charge < -0.3 is 14.4 Å². The quantitative estimate of drug-likeness (QED) is 0.688. The molecule has 126 valence electrons. The molecule has 0 saturated heterocycles. The summed E-state index contributed by atoms with van der Waals surface area (Å²) in [5, 5.41) is 9.10. The lowest BCUT2D eigenvalue weighted by molar-refractivity contribution is 0.283. The second-order valence-corrected chi connectivity index (χ2v) is 5.84. The average Bonchev–Trinajstić information content (AvgIpc) is 2.98. The third kappa shape index (κ3) is 3.77. The van der Waals surface area contributed by atoms with Gasteiger partial charge >= 0.3 is 0 Å². The Hall–Kier alpha value is -2.33. The summed E-state index contributed by atoms with van der Waals surface area (Å²) in [7, 11) is 0. The molecule has 4 heteroatoms. The second kappa shape index (κ2) is 7.97. The van der Waals surface area contributed by atoms with Gasteiger partial charge in [0.1, 0.15) is 18.2 Å². The smallest absolute Gasteiger partial charge is 0.119 e. The summed E-state index contributed by atoms with van der Waals surface area (Å²) in [5.74, 6) is 1.91. The van der Waals surface area contributed by atoms with Crippen LogP contribution in [-0.2, 0) is 19.4 Å². The van der Waals surface area contributed by atoms with Crippen LogP contribution in [0.15, 0.2) is 48.5 Å². The number of aromatic nitrogens is 2. The number of aliphatic hydroxyl groups is 1. The average molecular weight is 324 g/mol. The van der Waals surface area contributed by atoms with E-state index in [1.165, 1.54) is 5.56 Å². The molecule has 0 spiro atoms. The fourth-order valence-corrected chi connectivity index (χ4v) is 2.88. The second-order valence-electron chi connectivity index (χ2n) is 5.84. The molecule has 1 N–H and O–H groups in total. The van der Waals surface area contributed by atoms with Crippen LogP contribution in [-0.4, -0.2) is 27.9 Å². The normalized spacial score (nSPS) is 11.1. The Bertz CT molecular complexity index is 778. The highest BCUT2D eigenvalue weighted by Crippen LogP contribution is 2.18. The van der Waals surface area contributed by atoms with Gasteiger partial charge in [-0.15, -0.1) is 0 Å². The van der Waals surface area contributed by atoms with E-state index in [0.29, 0.717) is 6.61 Å². The van der Waals surface area contributed by atoms with Gasteiger partial charge in [-0.1, -0.05) is 31.2 Å². The van der Waals surface area contributed by atoms with Gasteiger partial charge in [0.25, 0.3) is 0 Å². The minimum Gasteiger partial charge on any atom is -0.492 e. The standard InChI is InChI=1S/C20H24N2O2/c1-2-16-9-11-17(12-10-16)24-15-13-22-19-7-4-3-6-18(19)21-20(22)8-5-14-23/h3-4,6-7,9-12,23H,2,5,8,13-15H2,1H3. The Morgan fingerprint density at radius 3 is 2.62 bits per heavy atom. The van der Waals surface area contributed by atoms with Gasteiger partial charge in [-0.05, 0) is 42.7 Å². The van der Waals surface area contributed by atoms with E-state index in [9.17, 15) is 0 Å². The predicted molar refractivity (Wildman–Crippen MR) is 96.5 cm³/mol. The molecular formula is C20H24N2O2. The highest BCUT2D eigenvalue weighted by atomic mass is 16.5. The molecule has 0 fully saturated rings. The zero-order chi connectivity index (χ0) is 16.8. The maximum absolute atomic E-state index is 9.10. The minimum absolute atomic E-state index is 0.184. The maximum Gasteiger partial charge on any atom is 0.119 e. The molecule has 24 heavy (non-hydrogen) atoms. The first-order chi connectivity index (χ1) is 11.8. The topological polar surface area (TPSA) is 47.3 Å². The number of ether oxygens (including phenoxy) is 1. The highest BCUT2D eigenvalue weighted by molar-refractivity contribution is 5.75. The van der Waals surface area contributed by atoms with Crippen LogP contribution in [0.1, 0.15) is 24.7 Å². The monoisotopic (exact) mass is 324 g/mol.